The number of amides is 1. The fourth-order valence-electron chi connectivity index (χ4n) is 1.65. The number of nitrogen functional groups attached to an aromatic ring is 1. The maximum Gasteiger partial charge on any atom is 0.245 e. The van der Waals surface area contributed by atoms with Gasteiger partial charge in [0.15, 0.2) is 0 Å². The van der Waals surface area contributed by atoms with E-state index in [1.807, 2.05) is 6.07 Å². The SMILES string of the molecule is CCN(CC(=O)N(C)C)S(=O)(=O)c1ccc(C#N)cc1N. The minimum atomic E-state index is -3.88. The second-order valence-electron chi connectivity index (χ2n) is 4.58. The van der Waals surface area contributed by atoms with Crippen molar-refractivity contribution in [1.82, 2.24) is 9.21 Å². The summed E-state index contributed by atoms with van der Waals surface area (Å²) in [6.45, 7) is 1.52. The van der Waals surface area contributed by atoms with Crippen LogP contribution in [0.4, 0.5) is 5.69 Å². The summed E-state index contributed by atoms with van der Waals surface area (Å²) in [6, 6.07) is 5.85. The highest BCUT2D eigenvalue weighted by Crippen LogP contribution is 2.23. The number of carbonyl (C=O) groups excluding carboxylic acids is 1. The van der Waals surface area contributed by atoms with Crippen LogP contribution in [0.5, 0.6) is 0 Å². The Hall–Kier alpha value is -2.11. The molecule has 1 amide bonds. The Kier molecular flexibility index (Phi) is 5.29. The number of hydrogen-bond donors (Lipinski definition) is 1. The minimum Gasteiger partial charge on any atom is -0.398 e. The van der Waals surface area contributed by atoms with Crippen molar-refractivity contribution < 1.29 is 13.2 Å². The van der Waals surface area contributed by atoms with E-state index >= 15 is 0 Å². The van der Waals surface area contributed by atoms with Crippen LogP contribution < -0.4 is 5.73 Å². The second kappa shape index (κ2) is 6.56. The number of rotatable bonds is 5. The molecule has 0 saturated heterocycles. The molecule has 0 radical (unpaired) electrons. The summed E-state index contributed by atoms with van der Waals surface area (Å²) in [5, 5.41) is 8.78. The highest BCUT2D eigenvalue weighted by atomic mass is 32.2. The summed E-state index contributed by atoms with van der Waals surface area (Å²) in [4.78, 5) is 12.9. The maximum atomic E-state index is 12.5. The van der Waals surface area contributed by atoms with Gasteiger partial charge in [-0.05, 0) is 18.2 Å². The minimum absolute atomic E-state index is 0.00944. The van der Waals surface area contributed by atoms with Crippen LogP contribution in [0, 0.1) is 11.3 Å². The summed E-state index contributed by atoms with van der Waals surface area (Å²) in [5.74, 6) is -0.326. The molecular weight excluding hydrogens is 292 g/mol. The van der Waals surface area contributed by atoms with Gasteiger partial charge in [0.1, 0.15) is 4.90 Å². The Morgan fingerprint density at radius 2 is 2.00 bits per heavy atom. The molecule has 0 atom stereocenters. The van der Waals surface area contributed by atoms with Gasteiger partial charge in [-0.25, -0.2) is 8.42 Å². The van der Waals surface area contributed by atoms with Gasteiger partial charge in [0.25, 0.3) is 0 Å². The first-order valence-corrected chi connectivity index (χ1v) is 7.68. The molecule has 0 aliphatic heterocycles. The lowest BCUT2D eigenvalue weighted by molar-refractivity contribution is -0.128. The lowest BCUT2D eigenvalue weighted by Gasteiger charge is -2.22. The molecule has 8 heteroatoms. The summed E-state index contributed by atoms with van der Waals surface area (Å²) >= 11 is 0. The number of nitriles is 1. The first-order valence-electron chi connectivity index (χ1n) is 6.24. The van der Waals surface area contributed by atoms with E-state index in [1.165, 1.54) is 23.1 Å². The zero-order valence-electron chi connectivity index (χ0n) is 12.2. The lowest BCUT2D eigenvalue weighted by atomic mass is 10.2. The zero-order valence-corrected chi connectivity index (χ0v) is 13.0. The monoisotopic (exact) mass is 310 g/mol. The van der Waals surface area contributed by atoms with Crippen molar-refractivity contribution in [3.63, 3.8) is 0 Å². The van der Waals surface area contributed by atoms with Crippen molar-refractivity contribution in [3.05, 3.63) is 23.8 Å². The van der Waals surface area contributed by atoms with E-state index in [0.29, 0.717) is 0 Å². The normalized spacial score (nSPS) is 11.2. The Morgan fingerprint density at radius 3 is 2.43 bits per heavy atom. The van der Waals surface area contributed by atoms with Gasteiger partial charge < -0.3 is 10.6 Å². The van der Waals surface area contributed by atoms with Crippen molar-refractivity contribution in [1.29, 1.82) is 5.26 Å². The molecule has 0 saturated carbocycles. The molecule has 0 heterocycles. The van der Waals surface area contributed by atoms with E-state index in [2.05, 4.69) is 0 Å². The number of hydrogen-bond acceptors (Lipinski definition) is 5. The number of nitrogens with two attached hydrogens (primary N) is 1. The molecule has 21 heavy (non-hydrogen) atoms. The maximum absolute atomic E-state index is 12.5. The molecule has 0 aromatic heterocycles. The molecule has 0 aliphatic rings. The molecule has 7 nitrogen and oxygen atoms in total. The van der Waals surface area contributed by atoms with Gasteiger partial charge in [-0.1, -0.05) is 6.92 Å². The highest BCUT2D eigenvalue weighted by molar-refractivity contribution is 7.89. The van der Waals surface area contributed by atoms with E-state index in [9.17, 15) is 13.2 Å². The van der Waals surface area contributed by atoms with Crippen LogP contribution in [0.3, 0.4) is 0 Å². The number of likely N-dealkylation sites (N-methyl/N-ethyl adjacent to an activating group) is 2. The molecule has 0 fully saturated rings. The Morgan fingerprint density at radius 1 is 1.38 bits per heavy atom. The van der Waals surface area contributed by atoms with Gasteiger partial charge in [0, 0.05) is 20.6 Å². The third-order valence-corrected chi connectivity index (χ3v) is 4.91. The van der Waals surface area contributed by atoms with Gasteiger partial charge in [0.2, 0.25) is 15.9 Å². The average Bonchev–Trinajstić information content (AvgIpc) is 2.43. The summed E-state index contributed by atoms with van der Waals surface area (Å²) in [7, 11) is -0.775. The molecule has 1 rings (SSSR count). The molecule has 0 bridgehead atoms. The van der Waals surface area contributed by atoms with Crippen LogP contribution >= 0.6 is 0 Å². The second-order valence-corrected chi connectivity index (χ2v) is 6.49. The van der Waals surface area contributed by atoms with Crippen LogP contribution in [-0.2, 0) is 14.8 Å². The number of sulfonamides is 1. The predicted molar refractivity (Wildman–Crippen MR) is 78.7 cm³/mol. The fraction of sp³-hybridized carbons (Fsp3) is 0.385. The third kappa shape index (κ3) is 3.71. The summed E-state index contributed by atoms with van der Waals surface area (Å²) < 4.78 is 26.1. The topological polar surface area (TPSA) is 108 Å². The largest absolute Gasteiger partial charge is 0.398 e. The van der Waals surface area contributed by atoms with Crippen molar-refractivity contribution in [2.24, 2.45) is 0 Å². The zero-order chi connectivity index (χ0) is 16.2. The molecule has 2 N–H and O–H groups in total. The van der Waals surface area contributed by atoms with Gasteiger partial charge in [0.05, 0.1) is 23.9 Å². The first-order chi connectivity index (χ1) is 9.73. The van der Waals surface area contributed by atoms with E-state index in [4.69, 9.17) is 11.0 Å². The number of carbonyl (C=O) groups is 1. The third-order valence-electron chi connectivity index (χ3n) is 2.92. The van der Waals surface area contributed by atoms with E-state index in [-0.39, 0.29) is 35.1 Å². The van der Waals surface area contributed by atoms with Crippen LogP contribution in [0.25, 0.3) is 0 Å². The van der Waals surface area contributed by atoms with Crippen LogP contribution in [0.1, 0.15) is 12.5 Å². The smallest absolute Gasteiger partial charge is 0.245 e. The molecular formula is C13H18N4O3S. The van der Waals surface area contributed by atoms with Crippen molar-refractivity contribution in [2.75, 3.05) is 32.9 Å². The van der Waals surface area contributed by atoms with Crippen molar-refractivity contribution >= 4 is 21.6 Å². The van der Waals surface area contributed by atoms with Crippen LogP contribution in [0.15, 0.2) is 23.1 Å². The Balaban J connectivity index is 3.20. The van der Waals surface area contributed by atoms with Crippen molar-refractivity contribution in [3.8, 4) is 6.07 Å². The quantitative estimate of drug-likeness (QED) is 0.784. The number of nitrogens with zero attached hydrogens (tertiary/aromatic N) is 3. The standard InChI is InChI=1S/C13H18N4O3S/c1-4-17(9-13(18)16(2)3)21(19,20)12-6-5-10(8-14)7-11(12)15/h5-7H,4,9,15H2,1-3H3. The lowest BCUT2D eigenvalue weighted by Crippen LogP contribution is -2.40. The molecule has 0 spiro atoms. The van der Waals surface area contributed by atoms with E-state index < -0.39 is 10.0 Å². The molecule has 114 valence electrons. The van der Waals surface area contributed by atoms with Crippen molar-refractivity contribution in [2.45, 2.75) is 11.8 Å². The van der Waals surface area contributed by atoms with E-state index in [0.717, 1.165) is 4.31 Å². The molecule has 1 aromatic rings. The van der Waals surface area contributed by atoms with Crippen LogP contribution in [0.2, 0.25) is 0 Å². The number of anilines is 1. The highest BCUT2D eigenvalue weighted by Gasteiger charge is 2.27. The van der Waals surface area contributed by atoms with Gasteiger partial charge >= 0.3 is 0 Å². The predicted octanol–water partition coefficient (Wildman–Crippen LogP) is 0.239. The summed E-state index contributed by atoms with van der Waals surface area (Å²) in [5.41, 5.74) is 5.98. The Bertz CT molecular complexity index is 677. The first kappa shape index (κ1) is 16.9. The van der Waals surface area contributed by atoms with Crippen LogP contribution in [-0.4, -0.2) is 50.7 Å². The number of benzene rings is 1. The van der Waals surface area contributed by atoms with Gasteiger partial charge in [-0.3, -0.25) is 4.79 Å². The van der Waals surface area contributed by atoms with Gasteiger partial charge in [-0.2, -0.15) is 9.57 Å². The molecule has 0 aliphatic carbocycles. The molecule has 1 aromatic carbocycles. The van der Waals surface area contributed by atoms with E-state index in [1.54, 1.807) is 21.0 Å². The summed E-state index contributed by atoms with van der Waals surface area (Å²) in [6.07, 6.45) is 0. The average molecular weight is 310 g/mol. The Labute approximate surface area is 124 Å². The fourth-order valence-corrected chi connectivity index (χ4v) is 3.15. The van der Waals surface area contributed by atoms with Gasteiger partial charge in [-0.15, -0.1) is 0 Å². The molecule has 0 unspecified atom stereocenters.